The van der Waals surface area contributed by atoms with Crippen LogP contribution in [0.25, 0.3) is 0 Å². The fourth-order valence-electron chi connectivity index (χ4n) is 2.09. The van der Waals surface area contributed by atoms with Crippen LogP contribution in [0.3, 0.4) is 0 Å². The maximum atomic E-state index is 12.5. The summed E-state index contributed by atoms with van der Waals surface area (Å²) in [4.78, 5) is 10.9. The first kappa shape index (κ1) is 15.9. The van der Waals surface area contributed by atoms with Crippen molar-refractivity contribution in [3.8, 4) is 0 Å². The highest BCUT2D eigenvalue weighted by Gasteiger charge is 2.32. The quantitative estimate of drug-likeness (QED) is 0.841. The Balaban J connectivity index is 2.40. The lowest BCUT2D eigenvalue weighted by molar-refractivity contribution is 0.0696. The van der Waals surface area contributed by atoms with E-state index >= 15 is 0 Å². The van der Waals surface area contributed by atoms with Gasteiger partial charge in [-0.25, -0.2) is 21.6 Å². The number of carbonyl (C=O) groups is 1. The smallest absolute Gasteiger partial charge is 0.335 e. The van der Waals surface area contributed by atoms with Gasteiger partial charge in [0.1, 0.15) is 0 Å². The molecule has 9 heteroatoms. The van der Waals surface area contributed by atoms with Crippen LogP contribution in [0.15, 0.2) is 23.1 Å². The van der Waals surface area contributed by atoms with Crippen molar-refractivity contribution in [2.45, 2.75) is 11.8 Å². The number of carboxylic acid groups (broad SMARTS) is 1. The van der Waals surface area contributed by atoms with E-state index in [1.807, 2.05) is 0 Å². The second-order valence-corrected chi connectivity index (χ2v) is 9.05. The SMILES string of the molecule is Cc1ccc(C(=O)O)cc1S(=O)(=O)N1CCS(=O)(=O)CC1. The van der Waals surface area contributed by atoms with Gasteiger partial charge in [-0.2, -0.15) is 4.31 Å². The van der Waals surface area contributed by atoms with E-state index in [1.165, 1.54) is 12.1 Å². The van der Waals surface area contributed by atoms with Gasteiger partial charge in [0.15, 0.2) is 9.84 Å². The summed E-state index contributed by atoms with van der Waals surface area (Å²) in [6, 6.07) is 3.87. The molecule has 0 saturated carbocycles. The molecule has 0 aliphatic carbocycles. The van der Waals surface area contributed by atoms with Crippen LogP contribution in [0, 0.1) is 6.92 Å². The molecule has 1 aliphatic rings. The molecule has 1 heterocycles. The molecular weight excluding hydrogens is 318 g/mol. The Morgan fingerprint density at radius 1 is 1.24 bits per heavy atom. The van der Waals surface area contributed by atoms with Crippen LogP contribution in [-0.2, 0) is 19.9 Å². The molecule has 1 aromatic rings. The monoisotopic (exact) mass is 333 g/mol. The van der Waals surface area contributed by atoms with E-state index in [4.69, 9.17) is 5.11 Å². The van der Waals surface area contributed by atoms with Crippen molar-refractivity contribution in [1.29, 1.82) is 0 Å². The molecule has 116 valence electrons. The molecule has 0 amide bonds. The van der Waals surface area contributed by atoms with E-state index < -0.39 is 25.8 Å². The summed E-state index contributed by atoms with van der Waals surface area (Å²) < 4.78 is 48.9. The molecule has 0 spiro atoms. The minimum atomic E-state index is -3.89. The zero-order valence-electron chi connectivity index (χ0n) is 11.3. The summed E-state index contributed by atoms with van der Waals surface area (Å²) in [6.45, 7) is 1.35. The number of nitrogens with zero attached hydrogens (tertiary/aromatic N) is 1. The van der Waals surface area contributed by atoms with E-state index in [-0.39, 0.29) is 35.1 Å². The molecule has 21 heavy (non-hydrogen) atoms. The Morgan fingerprint density at radius 3 is 2.33 bits per heavy atom. The van der Waals surface area contributed by atoms with Crippen LogP contribution < -0.4 is 0 Å². The Kier molecular flexibility index (Phi) is 4.09. The number of aryl methyl sites for hydroxylation is 1. The highest BCUT2D eigenvalue weighted by molar-refractivity contribution is 7.92. The van der Waals surface area contributed by atoms with Crippen molar-refractivity contribution in [1.82, 2.24) is 4.31 Å². The van der Waals surface area contributed by atoms with Crippen molar-refractivity contribution >= 4 is 25.8 Å². The Hall–Kier alpha value is -1.45. The molecule has 0 radical (unpaired) electrons. The molecule has 2 rings (SSSR count). The van der Waals surface area contributed by atoms with Crippen molar-refractivity contribution in [3.05, 3.63) is 29.3 Å². The van der Waals surface area contributed by atoms with Gasteiger partial charge >= 0.3 is 5.97 Å². The topological polar surface area (TPSA) is 109 Å². The van der Waals surface area contributed by atoms with Crippen LogP contribution >= 0.6 is 0 Å². The minimum absolute atomic E-state index is 0.0957. The third-order valence-electron chi connectivity index (χ3n) is 3.36. The number of hydrogen-bond acceptors (Lipinski definition) is 5. The highest BCUT2D eigenvalue weighted by Crippen LogP contribution is 2.23. The lowest BCUT2D eigenvalue weighted by Gasteiger charge is -2.26. The summed E-state index contributed by atoms with van der Waals surface area (Å²) in [5.41, 5.74) is 0.303. The van der Waals surface area contributed by atoms with Gasteiger partial charge in [-0.05, 0) is 24.6 Å². The summed E-state index contributed by atoms with van der Waals surface area (Å²) in [5.74, 6) is -1.65. The first-order chi connectivity index (χ1) is 9.63. The predicted molar refractivity (Wildman–Crippen MR) is 75.6 cm³/mol. The predicted octanol–water partition coefficient (Wildman–Crippen LogP) is 0.112. The number of rotatable bonds is 3. The summed E-state index contributed by atoms with van der Waals surface area (Å²) in [7, 11) is -7.08. The molecule has 1 N–H and O–H groups in total. The van der Waals surface area contributed by atoms with Crippen molar-refractivity contribution in [2.75, 3.05) is 24.6 Å². The van der Waals surface area contributed by atoms with Crippen molar-refractivity contribution in [3.63, 3.8) is 0 Å². The molecule has 0 bridgehead atoms. The lowest BCUT2D eigenvalue weighted by Crippen LogP contribution is -2.43. The standard InChI is InChI=1S/C12H15NO6S2/c1-9-2-3-10(12(14)15)8-11(9)21(18,19)13-4-6-20(16,17)7-5-13/h2-3,8H,4-7H2,1H3,(H,14,15). The number of hydrogen-bond donors (Lipinski definition) is 1. The van der Waals surface area contributed by atoms with E-state index in [0.29, 0.717) is 5.56 Å². The maximum Gasteiger partial charge on any atom is 0.335 e. The van der Waals surface area contributed by atoms with Gasteiger partial charge in [0.25, 0.3) is 0 Å². The van der Waals surface area contributed by atoms with Gasteiger partial charge in [-0.15, -0.1) is 0 Å². The Labute approximate surface area is 123 Å². The molecule has 1 saturated heterocycles. The van der Waals surface area contributed by atoms with Gasteiger partial charge in [-0.3, -0.25) is 0 Å². The van der Waals surface area contributed by atoms with Crippen LogP contribution in [0.4, 0.5) is 0 Å². The van der Waals surface area contributed by atoms with Gasteiger partial charge in [-0.1, -0.05) is 6.07 Å². The zero-order valence-corrected chi connectivity index (χ0v) is 12.9. The first-order valence-electron chi connectivity index (χ1n) is 6.18. The molecular formula is C12H15NO6S2. The maximum absolute atomic E-state index is 12.5. The second kappa shape index (κ2) is 5.39. The summed E-state index contributed by atoms with van der Waals surface area (Å²) in [5, 5.41) is 8.96. The average molecular weight is 333 g/mol. The highest BCUT2D eigenvalue weighted by atomic mass is 32.2. The fourth-order valence-corrected chi connectivity index (χ4v) is 5.21. The third-order valence-corrected chi connectivity index (χ3v) is 7.01. The number of benzene rings is 1. The number of sulfone groups is 1. The summed E-state index contributed by atoms with van der Waals surface area (Å²) >= 11 is 0. The summed E-state index contributed by atoms with van der Waals surface area (Å²) in [6.07, 6.45) is 0. The normalized spacial score (nSPS) is 19.3. The zero-order chi connectivity index (χ0) is 15.8. The van der Waals surface area contributed by atoms with Crippen molar-refractivity contribution in [2.24, 2.45) is 0 Å². The van der Waals surface area contributed by atoms with Gasteiger partial charge in [0.05, 0.1) is 22.0 Å². The molecule has 0 aromatic heterocycles. The molecule has 1 aromatic carbocycles. The van der Waals surface area contributed by atoms with E-state index in [2.05, 4.69) is 0 Å². The van der Waals surface area contributed by atoms with Crippen LogP contribution in [-0.4, -0.2) is 56.8 Å². The Morgan fingerprint density at radius 2 is 1.81 bits per heavy atom. The molecule has 0 unspecified atom stereocenters. The fraction of sp³-hybridized carbons (Fsp3) is 0.417. The number of aromatic carboxylic acids is 1. The largest absolute Gasteiger partial charge is 0.478 e. The number of carboxylic acids is 1. The van der Waals surface area contributed by atoms with Gasteiger partial charge in [0, 0.05) is 13.1 Å². The van der Waals surface area contributed by atoms with Crippen LogP contribution in [0.2, 0.25) is 0 Å². The van der Waals surface area contributed by atoms with Gasteiger partial charge in [0.2, 0.25) is 10.0 Å². The third kappa shape index (κ3) is 3.25. The van der Waals surface area contributed by atoms with E-state index in [0.717, 1.165) is 10.4 Å². The number of sulfonamides is 1. The lowest BCUT2D eigenvalue weighted by atomic mass is 10.1. The average Bonchev–Trinajstić information content (AvgIpc) is 2.38. The van der Waals surface area contributed by atoms with Crippen LogP contribution in [0.5, 0.6) is 0 Å². The molecule has 0 atom stereocenters. The van der Waals surface area contributed by atoms with Gasteiger partial charge < -0.3 is 5.11 Å². The van der Waals surface area contributed by atoms with E-state index in [1.54, 1.807) is 6.92 Å². The second-order valence-electron chi connectivity index (χ2n) is 4.84. The minimum Gasteiger partial charge on any atom is -0.478 e. The first-order valence-corrected chi connectivity index (χ1v) is 9.44. The molecule has 1 fully saturated rings. The van der Waals surface area contributed by atoms with E-state index in [9.17, 15) is 21.6 Å². The van der Waals surface area contributed by atoms with Crippen molar-refractivity contribution < 1.29 is 26.7 Å². The van der Waals surface area contributed by atoms with Crippen LogP contribution in [0.1, 0.15) is 15.9 Å². The Bertz CT molecular complexity index is 768. The molecule has 1 aliphatic heterocycles. The molecule has 7 nitrogen and oxygen atoms in total.